The van der Waals surface area contributed by atoms with Crippen molar-refractivity contribution in [3.63, 3.8) is 0 Å². The number of ether oxygens (including phenoxy) is 1. The quantitative estimate of drug-likeness (QED) is 0.631. The molecule has 0 aliphatic heterocycles. The van der Waals surface area contributed by atoms with Gasteiger partial charge in [-0.1, -0.05) is 11.6 Å². The van der Waals surface area contributed by atoms with E-state index in [-0.39, 0.29) is 5.76 Å². The Morgan fingerprint density at radius 3 is 2.72 bits per heavy atom. The maximum absolute atomic E-state index is 11.4. The van der Waals surface area contributed by atoms with Crippen LogP contribution in [-0.2, 0) is 4.74 Å². The molecule has 1 aromatic carbocycles. The van der Waals surface area contributed by atoms with Gasteiger partial charge in [-0.15, -0.1) is 0 Å². The molecule has 2 aromatic rings. The van der Waals surface area contributed by atoms with Gasteiger partial charge >= 0.3 is 5.97 Å². The van der Waals surface area contributed by atoms with Crippen molar-refractivity contribution in [2.45, 2.75) is 0 Å². The molecule has 0 aliphatic rings. The third-order valence-corrected chi connectivity index (χ3v) is 2.73. The van der Waals surface area contributed by atoms with Crippen molar-refractivity contribution >= 4 is 23.9 Å². The Morgan fingerprint density at radius 2 is 2.11 bits per heavy atom. The number of halogens is 1. The van der Waals surface area contributed by atoms with Gasteiger partial charge in [-0.2, -0.15) is 0 Å². The molecular formula is C13H9ClO4. The predicted octanol–water partition coefficient (Wildman–Crippen LogP) is 3.20. The lowest BCUT2D eigenvalue weighted by molar-refractivity contribution is 0.0600. The van der Waals surface area contributed by atoms with Crippen LogP contribution in [0.5, 0.6) is 0 Å². The molecule has 0 fully saturated rings. The van der Waals surface area contributed by atoms with Crippen molar-refractivity contribution in [1.82, 2.24) is 0 Å². The van der Waals surface area contributed by atoms with Crippen LogP contribution >= 0.6 is 11.6 Å². The number of esters is 1. The third kappa shape index (κ3) is 2.28. The van der Waals surface area contributed by atoms with Gasteiger partial charge in [0.05, 0.1) is 17.7 Å². The molecular weight excluding hydrogens is 256 g/mol. The molecule has 0 saturated heterocycles. The highest BCUT2D eigenvalue weighted by Gasteiger charge is 2.13. The second-order valence-electron chi connectivity index (χ2n) is 3.51. The lowest BCUT2D eigenvalue weighted by Crippen LogP contribution is -2.00. The van der Waals surface area contributed by atoms with Gasteiger partial charge in [0.15, 0.2) is 12.0 Å². The summed E-state index contributed by atoms with van der Waals surface area (Å²) in [5, 5.41) is 0.425. The number of hydrogen-bond donors (Lipinski definition) is 0. The van der Waals surface area contributed by atoms with E-state index in [1.54, 1.807) is 24.3 Å². The van der Waals surface area contributed by atoms with Gasteiger partial charge in [-0.25, -0.2) is 4.79 Å². The van der Waals surface area contributed by atoms with Crippen LogP contribution in [0.3, 0.4) is 0 Å². The zero-order valence-corrected chi connectivity index (χ0v) is 10.2. The molecule has 2 rings (SSSR count). The monoisotopic (exact) mass is 264 g/mol. The molecule has 0 bridgehead atoms. The fourth-order valence-electron chi connectivity index (χ4n) is 1.52. The van der Waals surface area contributed by atoms with Crippen LogP contribution in [0.15, 0.2) is 34.7 Å². The molecule has 5 heteroatoms. The fraction of sp³-hybridized carbons (Fsp3) is 0.0769. The van der Waals surface area contributed by atoms with Gasteiger partial charge in [0, 0.05) is 5.56 Å². The predicted molar refractivity (Wildman–Crippen MR) is 65.9 cm³/mol. The third-order valence-electron chi connectivity index (χ3n) is 2.40. The van der Waals surface area contributed by atoms with Gasteiger partial charge in [-0.3, -0.25) is 4.79 Å². The molecule has 0 radical (unpaired) electrons. The molecule has 4 nitrogen and oxygen atoms in total. The minimum absolute atomic E-state index is 0.199. The smallest absolute Gasteiger partial charge is 0.337 e. The van der Waals surface area contributed by atoms with Crippen LogP contribution in [0.2, 0.25) is 5.02 Å². The number of aldehydes is 1. The first-order chi connectivity index (χ1) is 8.65. The number of methoxy groups -OCH3 is 1. The number of carbonyl (C=O) groups is 2. The summed E-state index contributed by atoms with van der Waals surface area (Å²) < 4.78 is 9.89. The zero-order chi connectivity index (χ0) is 13.1. The van der Waals surface area contributed by atoms with Gasteiger partial charge in [-0.05, 0) is 30.3 Å². The van der Waals surface area contributed by atoms with Crippen LogP contribution < -0.4 is 0 Å². The minimum atomic E-state index is -0.463. The highest BCUT2D eigenvalue weighted by Crippen LogP contribution is 2.30. The summed E-state index contributed by atoms with van der Waals surface area (Å²) in [4.78, 5) is 22.0. The molecule has 0 unspecified atom stereocenters. The number of carbonyl (C=O) groups excluding carboxylic acids is 2. The van der Waals surface area contributed by atoms with Gasteiger partial charge < -0.3 is 9.15 Å². The Labute approximate surface area is 108 Å². The molecule has 1 aromatic heterocycles. The van der Waals surface area contributed by atoms with Crippen LogP contribution in [0.4, 0.5) is 0 Å². The maximum Gasteiger partial charge on any atom is 0.337 e. The Kier molecular flexibility index (Phi) is 3.48. The number of hydrogen-bond acceptors (Lipinski definition) is 4. The zero-order valence-electron chi connectivity index (χ0n) is 9.48. The average Bonchev–Trinajstić information content (AvgIpc) is 2.87. The van der Waals surface area contributed by atoms with Crippen LogP contribution in [0, 0.1) is 0 Å². The van der Waals surface area contributed by atoms with E-state index in [4.69, 9.17) is 16.0 Å². The topological polar surface area (TPSA) is 56.5 Å². The van der Waals surface area contributed by atoms with E-state index in [1.807, 2.05) is 0 Å². The number of benzene rings is 1. The van der Waals surface area contributed by atoms with E-state index in [0.29, 0.717) is 28.2 Å². The van der Waals surface area contributed by atoms with Crippen LogP contribution in [0.25, 0.3) is 11.3 Å². The molecule has 0 N–H and O–H groups in total. The normalized spacial score (nSPS) is 10.1. The second kappa shape index (κ2) is 5.06. The van der Waals surface area contributed by atoms with Crippen LogP contribution in [0.1, 0.15) is 20.9 Å². The SMILES string of the molecule is COC(=O)c1ccc(Cl)c(-c2ccc(C=O)o2)c1. The van der Waals surface area contributed by atoms with E-state index in [9.17, 15) is 9.59 Å². The maximum atomic E-state index is 11.4. The molecule has 0 saturated carbocycles. The highest BCUT2D eigenvalue weighted by molar-refractivity contribution is 6.33. The summed E-state index contributed by atoms with van der Waals surface area (Å²) in [5.74, 6) is 0.160. The first-order valence-corrected chi connectivity index (χ1v) is 5.46. The van der Waals surface area contributed by atoms with Crippen molar-refractivity contribution in [3.8, 4) is 11.3 Å². The average molecular weight is 265 g/mol. The summed E-state index contributed by atoms with van der Waals surface area (Å²) in [5.41, 5.74) is 0.897. The molecule has 18 heavy (non-hydrogen) atoms. The standard InChI is InChI=1S/C13H9ClO4/c1-17-13(16)8-2-4-11(14)10(6-8)12-5-3-9(7-15)18-12/h2-7H,1H3. The van der Waals surface area contributed by atoms with Crippen molar-refractivity contribution in [3.05, 3.63) is 46.7 Å². The summed E-state index contributed by atoms with van der Waals surface area (Å²) in [6, 6.07) is 7.84. The van der Waals surface area contributed by atoms with Crippen molar-refractivity contribution in [1.29, 1.82) is 0 Å². The van der Waals surface area contributed by atoms with E-state index < -0.39 is 5.97 Å². The summed E-state index contributed by atoms with van der Waals surface area (Å²) in [7, 11) is 1.30. The van der Waals surface area contributed by atoms with Crippen LogP contribution in [-0.4, -0.2) is 19.4 Å². The Hall–Kier alpha value is -2.07. The largest absolute Gasteiger partial charge is 0.465 e. The fourth-order valence-corrected chi connectivity index (χ4v) is 1.73. The number of rotatable bonds is 3. The van der Waals surface area contributed by atoms with Gasteiger partial charge in [0.25, 0.3) is 0 Å². The first-order valence-electron chi connectivity index (χ1n) is 5.09. The molecule has 0 aliphatic carbocycles. The lowest BCUT2D eigenvalue weighted by Gasteiger charge is -2.04. The molecule has 1 heterocycles. The Balaban J connectivity index is 2.49. The van der Waals surface area contributed by atoms with E-state index in [1.165, 1.54) is 13.2 Å². The van der Waals surface area contributed by atoms with Gasteiger partial charge in [0.1, 0.15) is 5.76 Å². The first kappa shape index (κ1) is 12.4. The van der Waals surface area contributed by atoms with E-state index in [2.05, 4.69) is 4.74 Å². The molecule has 0 spiro atoms. The molecule has 0 atom stereocenters. The second-order valence-corrected chi connectivity index (χ2v) is 3.91. The van der Waals surface area contributed by atoms with E-state index in [0.717, 1.165) is 0 Å². The van der Waals surface area contributed by atoms with Crippen molar-refractivity contribution in [2.24, 2.45) is 0 Å². The molecule has 0 amide bonds. The van der Waals surface area contributed by atoms with Crippen molar-refractivity contribution in [2.75, 3.05) is 7.11 Å². The van der Waals surface area contributed by atoms with E-state index >= 15 is 0 Å². The lowest BCUT2D eigenvalue weighted by atomic mass is 10.1. The summed E-state index contributed by atoms with van der Waals surface area (Å²) in [6.45, 7) is 0. The minimum Gasteiger partial charge on any atom is -0.465 e. The summed E-state index contributed by atoms with van der Waals surface area (Å²) >= 11 is 6.03. The Bertz CT molecular complexity index is 601. The molecule has 92 valence electrons. The van der Waals surface area contributed by atoms with Gasteiger partial charge in [0.2, 0.25) is 0 Å². The van der Waals surface area contributed by atoms with Crippen molar-refractivity contribution < 1.29 is 18.7 Å². The summed E-state index contributed by atoms with van der Waals surface area (Å²) in [6.07, 6.45) is 0.599. The highest BCUT2D eigenvalue weighted by atomic mass is 35.5. The number of furan rings is 1. The Morgan fingerprint density at radius 1 is 1.33 bits per heavy atom.